The summed E-state index contributed by atoms with van der Waals surface area (Å²) >= 11 is 1.75. The molecule has 0 bridgehead atoms. The fraction of sp³-hybridized carbons (Fsp3) is 0.125. The Balaban J connectivity index is 2.14. The molecule has 0 saturated carbocycles. The zero-order valence-electron chi connectivity index (χ0n) is 5.90. The van der Waals surface area contributed by atoms with Crippen LogP contribution in [0.4, 0.5) is 0 Å². The molecule has 0 aromatic carbocycles. The van der Waals surface area contributed by atoms with Crippen LogP contribution in [0.25, 0.3) is 0 Å². The predicted octanol–water partition coefficient (Wildman–Crippen LogP) is 1.79. The summed E-state index contributed by atoms with van der Waals surface area (Å²) in [4.78, 5) is 1.32. The monoisotopic (exact) mass is 163 g/mol. The lowest BCUT2D eigenvalue weighted by Gasteiger charge is -1.95. The van der Waals surface area contributed by atoms with E-state index in [-0.39, 0.29) is 0 Å². The molecule has 2 heterocycles. The Morgan fingerprint density at radius 3 is 3.27 bits per heavy atom. The number of rotatable bonds is 2. The van der Waals surface area contributed by atoms with Gasteiger partial charge in [-0.05, 0) is 11.4 Å². The molecule has 2 nitrogen and oxygen atoms in total. The second-order valence-electron chi connectivity index (χ2n) is 2.22. The number of hydrogen-bond donors (Lipinski definition) is 0. The van der Waals surface area contributed by atoms with Gasteiger partial charge >= 0.3 is 0 Å². The summed E-state index contributed by atoms with van der Waals surface area (Å²) in [6, 6.07) is 7.05. The molecule has 2 aromatic rings. The molecule has 2 rings (SSSR count). The Kier molecular flexibility index (Phi) is 1.73. The topological polar surface area (TPSA) is 17.8 Å². The molecule has 11 heavy (non-hydrogen) atoms. The number of hydrogen-bond acceptors (Lipinski definition) is 2. The highest BCUT2D eigenvalue weighted by Crippen LogP contribution is 2.09. The first-order valence-corrected chi connectivity index (χ1v) is 4.24. The van der Waals surface area contributed by atoms with Crippen molar-refractivity contribution in [3.8, 4) is 0 Å². The van der Waals surface area contributed by atoms with Crippen molar-refractivity contribution in [1.29, 1.82) is 0 Å². The maximum atomic E-state index is 4.06. The van der Waals surface area contributed by atoms with E-state index < -0.39 is 0 Å². The molecular weight excluding hydrogens is 156 g/mol. The molecule has 3 heteroatoms. The fourth-order valence-corrected chi connectivity index (χ4v) is 1.60. The maximum absolute atomic E-state index is 4.06. The number of aromatic nitrogens is 2. The summed E-state index contributed by atoms with van der Waals surface area (Å²) in [6.07, 6.45) is 3.52. The highest BCUT2D eigenvalue weighted by atomic mass is 32.1. The molecule has 55 valence electrons. The summed E-state index contributed by atoms with van der Waals surface area (Å²) in [5, 5.41) is 6.13. The minimum atomic E-state index is 0.862. The zero-order chi connectivity index (χ0) is 7.52. The van der Waals surface area contributed by atoms with Crippen molar-refractivity contribution in [3.63, 3.8) is 0 Å². The van der Waals surface area contributed by atoms with Gasteiger partial charge in [-0.1, -0.05) is 6.07 Å². The van der Waals surface area contributed by atoms with Gasteiger partial charge in [-0.15, -0.1) is 11.3 Å². The van der Waals surface area contributed by atoms with Crippen molar-refractivity contribution < 1.29 is 0 Å². The van der Waals surface area contributed by atoms with E-state index in [9.17, 15) is 0 Å². The van der Waals surface area contributed by atoms with Gasteiger partial charge in [-0.3, -0.25) is 4.68 Å². The van der Waals surface area contributed by atoms with Crippen molar-refractivity contribution in [2.24, 2.45) is 0 Å². The molecule has 0 aliphatic rings. The second-order valence-corrected chi connectivity index (χ2v) is 3.25. The Hall–Kier alpha value is -1.09. The first-order chi connectivity index (χ1) is 5.45. The van der Waals surface area contributed by atoms with Gasteiger partial charge in [0.2, 0.25) is 0 Å². The van der Waals surface area contributed by atoms with Crippen molar-refractivity contribution in [1.82, 2.24) is 9.78 Å². The number of thiophene rings is 1. The van der Waals surface area contributed by atoms with Crippen LogP contribution in [-0.2, 0) is 6.54 Å². The number of nitrogens with zero attached hydrogens (tertiary/aromatic N) is 2. The van der Waals surface area contributed by atoms with Crippen LogP contribution in [0.5, 0.6) is 0 Å². The Labute approximate surface area is 69.1 Å². The molecule has 0 atom stereocenters. The third-order valence-electron chi connectivity index (χ3n) is 1.40. The lowest BCUT2D eigenvalue weighted by atomic mass is 10.5. The van der Waals surface area contributed by atoms with Gasteiger partial charge < -0.3 is 0 Å². The highest BCUT2D eigenvalue weighted by Gasteiger charge is 1.93. The van der Waals surface area contributed by atoms with Gasteiger partial charge in [0, 0.05) is 17.1 Å². The zero-order valence-corrected chi connectivity index (χ0v) is 6.71. The summed E-state index contributed by atoms with van der Waals surface area (Å²) in [7, 11) is 0. The van der Waals surface area contributed by atoms with E-state index in [2.05, 4.69) is 22.6 Å². The van der Waals surface area contributed by atoms with Crippen molar-refractivity contribution in [2.75, 3.05) is 0 Å². The SMILES string of the molecule is [c]1cnn(Cc2cccs2)c1. The van der Waals surface area contributed by atoms with Crippen molar-refractivity contribution >= 4 is 11.3 Å². The van der Waals surface area contributed by atoms with Crippen LogP contribution in [0.3, 0.4) is 0 Å². The van der Waals surface area contributed by atoms with Gasteiger partial charge in [0.1, 0.15) is 0 Å². The summed E-state index contributed by atoms with van der Waals surface area (Å²) in [6.45, 7) is 0.862. The summed E-state index contributed by atoms with van der Waals surface area (Å²) in [5.74, 6) is 0. The fourth-order valence-electron chi connectivity index (χ4n) is 0.909. The molecular formula is C8H7N2S. The average molecular weight is 163 g/mol. The maximum Gasteiger partial charge on any atom is 0.0752 e. The average Bonchev–Trinajstić information content (AvgIpc) is 2.60. The molecule has 0 aliphatic heterocycles. The van der Waals surface area contributed by atoms with Crippen molar-refractivity contribution in [3.05, 3.63) is 40.8 Å². The van der Waals surface area contributed by atoms with E-state index in [0.29, 0.717) is 0 Å². The van der Waals surface area contributed by atoms with Gasteiger partial charge in [0.05, 0.1) is 12.7 Å². The van der Waals surface area contributed by atoms with Crippen LogP contribution in [0, 0.1) is 6.07 Å². The molecule has 0 amide bonds. The van der Waals surface area contributed by atoms with Crippen LogP contribution >= 0.6 is 11.3 Å². The normalized spacial score (nSPS) is 10.2. The van der Waals surface area contributed by atoms with Crippen LogP contribution in [-0.4, -0.2) is 9.78 Å². The minimum absolute atomic E-state index is 0.862. The summed E-state index contributed by atoms with van der Waals surface area (Å²) in [5.41, 5.74) is 0. The molecule has 2 aromatic heterocycles. The molecule has 0 unspecified atom stereocenters. The van der Waals surface area contributed by atoms with Crippen LogP contribution in [0.15, 0.2) is 29.9 Å². The van der Waals surface area contributed by atoms with Gasteiger partial charge in [-0.2, -0.15) is 5.10 Å². The van der Waals surface area contributed by atoms with E-state index in [0.717, 1.165) is 6.54 Å². The third-order valence-corrected chi connectivity index (χ3v) is 2.26. The molecule has 0 aliphatic carbocycles. The lowest BCUT2D eigenvalue weighted by Crippen LogP contribution is -1.96. The van der Waals surface area contributed by atoms with Gasteiger partial charge in [0.25, 0.3) is 0 Å². The Morgan fingerprint density at radius 1 is 1.64 bits per heavy atom. The second kappa shape index (κ2) is 2.88. The van der Waals surface area contributed by atoms with E-state index >= 15 is 0 Å². The van der Waals surface area contributed by atoms with Crippen LogP contribution < -0.4 is 0 Å². The first kappa shape index (κ1) is 6.61. The quantitative estimate of drug-likeness (QED) is 0.660. The summed E-state index contributed by atoms with van der Waals surface area (Å²) < 4.78 is 1.87. The predicted molar refractivity (Wildman–Crippen MR) is 44.5 cm³/mol. The standard InChI is InChI=1S/C8H7N2S/c1-3-8(11-6-1)7-10-5-2-4-9-10/h1,3-6H,7H2. The molecule has 1 radical (unpaired) electrons. The molecule has 0 saturated heterocycles. The largest absolute Gasteiger partial charge is 0.267 e. The molecule has 0 N–H and O–H groups in total. The van der Waals surface area contributed by atoms with E-state index in [1.54, 1.807) is 17.5 Å². The van der Waals surface area contributed by atoms with E-state index in [4.69, 9.17) is 0 Å². The molecule has 0 fully saturated rings. The Bertz CT molecular complexity index is 264. The van der Waals surface area contributed by atoms with Crippen LogP contribution in [0.2, 0.25) is 0 Å². The highest BCUT2D eigenvalue weighted by molar-refractivity contribution is 7.09. The van der Waals surface area contributed by atoms with Crippen molar-refractivity contribution in [2.45, 2.75) is 6.54 Å². The van der Waals surface area contributed by atoms with Gasteiger partial charge in [-0.25, -0.2) is 0 Å². The van der Waals surface area contributed by atoms with Crippen LogP contribution in [0.1, 0.15) is 4.88 Å². The third kappa shape index (κ3) is 1.49. The van der Waals surface area contributed by atoms with E-state index in [1.165, 1.54) is 4.88 Å². The Morgan fingerprint density at radius 2 is 2.64 bits per heavy atom. The van der Waals surface area contributed by atoms with E-state index in [1.807, 2.05) is 16.9 Å². The molecule has 0 spiro atoms. The smallest absolute Gasteiger partial charge is 0.0752 e. The lowest BCUT2D eigenvalue weighted by molar-refractivity contribution is 0.695. The minimum Gasteiger partial charge on any atom is -0.267 e. The first-order valence-electron chi connectivity index (χ1n) is 3.36. The van der Waals surface area contributed by atoms with Gasteiger partial charge in [0.15, 0.2) is 0 Å².